The molecule has 140 valence electrons. The van der Waals surface area contributed by atoms with Crippen molar-refractivity contribution in [2.45, 2.75) is 0 Å². The number of benzene rings is 1. The summed E-state index contributed by atoms with van der Waals surface area (Å²) in [6.07, 6.45) is 4.87. The van der Waals surface area contributed by atoms with E-state index in [4.69, 9.17) is 0 Å². The first-order valence-corrected chi connectivity index (χ1v) is 7.81. The van der Waals surface area contributed by atoms with Gasteiger partial charge in [0, 0.05) is 36.4 Å². The minimum Gasteiger partial charge on any atom is -0.349 e. The molecule has 0 unspecified atom stereocenters. The van der Waals surface area contributed by atoms with Gasteiger partial charge in [-0.05, 0) is 36.4 Å². The Balaban J connectivity index is 0.00000261. The summed E-state index contributed by atoms with van der Waals surface area (Å²) >= 11 is 0. The van der Waals surface area contributed by atoms with Crippen LogP contribution in [0.25, 0.3) is 11.4 Å². The first-order valence-electron chi connectivity index (χ1n) is 7.81. The number of carbonyl (C=O) groups excluding carboxylic acids is 1. The quantitative estimate of drug-likeness (QED) is 0.671. The molecule has 2 N–H and O–H groups in total. The highest BCUT2D eigenvalue weighted by Crippen LogP contribution is 2.20. The van der Waals surface area contributed by atoms with Gasteiger partial charge in [-0.2, -0.15) is 0 Å². The van der Waals surface area contributed by atoms with Crippen LogP contribution in [0.2, 0.25) is 0 Å². The van der Waals surface area contributed by atoms with E-state index in [0.29, 0.717) is 17.3 Å². The molecule has 3 rings (SSSR count). The van der Waals surface area contributed by atoms with Gasteiger partial charge in [0.25, 0.3) is 5.91 Å². The normalized spacial score (nSPS) is 10.0. The van der Waals surface area contributed by atoms with Crippen molar-refractivity contribution in [1.29, 1.82) is 0 Å². The minimum absolute atomic E-state index is 0. The molecule has 0 aliphatic heterocycles. The van der Waals surface area contributed by atoms with Crippen LogP contribution >= 0.6 is 12.4 Å². The number of hydrogen-bond donors (Lipinski definition) is 2. The first-order chi connectivity index (χ1) is 12.7. The summed E-state index contributed by atoms with van der Waals surface area (Å²) in [5.74, 6) is -0.431. The van der Waals surface area contributed by atoms with Gasteiger partial charge in [0.2, 0.25) is 0 Å². The fraction of sp³-hybridized carbons (Fsp3) is 0.111. The molecule has 0 aliphatic carbocycles. The Morgan fingerprint density at radius 1 is 1.15 bits per heavy atom. The second kappa shape index (κ2) is 9.54. The van der Waals surface area contributed by atoms with E-state index in [1.54, 1.807) is 36.8 Å². The van der Waals surface area contributed by atoms with Crippen LogP contribution in [0, 0.1) is 5.82 Å². The van der Waals surface area contributed by atoms with Crippen molar-refractivity contribution >= 4 is 29.8 Å². The lowest BCUT2D eigenvalue weighted by molar-refractivity contribution is 0.0947. The Hall–Kier alpha value is -3.13. The van der Waals surface area contributed by atoms with Crippen molar-refractivity contribution < 1.29 is 13.6 Å². The first kappa shape index (κ1) is 20.2. The van der Waals surface area contributed by atoms with Crippen molar-refractivity contribution in [1.82, 2.24) is 20.3 Å². The molecular formula is C18H16ClF2N5O. The molecule has 0 aliphatic rings. The van der Waals surface area contributed by atoms with Crippen LogP contribution in [0.4, 0.5) is 20.3 Å². The summed E-state index contributed by atoms with van der Waals surface area (Å²) in [6, 6.07) is 9.29. The number of anilines is 2. The lowest BCUT2D eigenvalue weighted by atomic mass is 10.1. The highest BCUT2D eigenvalue weighted by atomic mass is 35.5. The van der Waals surface area contributed by atoms with E-state index in [2.05, 4.69) is 25.6 Å². The number of hydrogen-bond acceptors (Lipinski definition) is 5. The van der Waals surface area contributed by atoms with Gasteiger partial charge in [0.05, 0.1) is 5.56 Å². The molecule has 0 saturated heterocycles. The molecule has 1 aromatic carbocycles. The molecule has 0 atom stereocenters. The molecule has 0 bridgehead atoms. The van der Waals surface area contributed by atoms with E-state index in [-0.39, 0.29) is 24.5 Å². The molecule has 6 nitrogen and oxygen atoms in total. The Labute approximate surface area is 160 Å². The lowest BCUT2D eigenvalue weighted by Gasteiger charge is -2.09. The Kier molecular flexibility index (Phi) is 7.13. The SMILES string of the molecule is Cl.O=C(NCCF)c1ccc(Nc2ccnc(-c3cccnc3)n2)cc1F. The van der Waals surface area contributed by atoms with E-state index < -0.39 is 18.4 Å². The molecule has 2 aromatic heterocycles. The van der Waals surface area contributed by atoms with E-state index >= 15 is 0 Å². The zero-order valence-corrected chi connectivity index (χ0v) is 14.8. The largest absolute Gasteiger partial charge is 0.349 e. The molecule has 2 heterocycles. The Morgan fingerprint density at radius 3 is 2.70 bits per heavy atom. The summed E-state index contributed by atoms with van der Waals surface area (Å²) in [7, 11) is 0. The number of aromatic nitrogens is 3. The van der Waals surface area contributed by atoms with Crippen LogP contribution in [0.5, 0.6) is 0 Å². The van der Waals surface area contributed by atoms with Gasteiger partial charge in [-0.1, -0.05) is 0 Å². The predicted octanol–water partition coefficient (Wildman–Crippen LogP) is 3.54. The van der Waals surface area contributed by atoms with Crippen molar-refractivity contribution in [3.05, 3.63) is 66.4 Å². The Bertz CT molecular complexity index is 911. The molecule has 0 fully saturated rings. The highest BCUT2D eigenvalue weighted by Gasteiger charge is 2.12. The predicted molar refractivity (Wildman–Crippen MR) is 101 cm³/mol. The monoisotopic (exact) mass is 391 g/mol. The van der Waals surface area contributed by atoms with Gasteiger partial charge in [-0.3, -0.25) is 9.78 Å². The average molecular weight is 392 g/mol. The van der Waals surface area contributed by atoms with Crippen molar-refractivity contribution in [2.75, 3.05) is 18.5 Å². The van der Waals surface area contributed by atoms with Crippen LogP contribution in [-0.2, 0) is 0 Å². The number of carbonyl (C=O) groups is 1. The van der Waals surface area contributed by atoms with Gasteiger partial charge in [0.1, 0.15) is 18.3 Å². The number of nitrogens with zero attached hydrogens (tertiary/aromatic N) is 3. The van der Waals surface area contributed by atoms with Gasteiger partial charge in [-0.15, -0.1) is 12.4 Å². The van der Waals surface area contributed by atoms with E-state index in [0.717, 1.165) is 5.56 Å². The molecule has 9 heteroatoms. The number of nitrogens with one attached hydrogen (secondary N) is 2. The van der Waals surface area contributed by atoms with Crippen LogP contribution in [-0.4, -0.2) is 34.1 Å². The molecule has 3 aromatic rings. The number of alkyl halides is 1. The smallest absolute Gasteiger partial charge is 0.254 e. The van der Waals surface area contributed by atoms with Crippen LogP contribution in [0.15, 0.2) is 55.0 Å². The lowest BCUT2D eigenvalue weighted by Crippen LogP contribution is -2.26. The summed E-state index contributed by atoms with van der Waals surface area (Å²) < 4.78 is 26.2. The molecule has 1 amide bonds. The summed E-state index contributed by atoms with van der Waals surface area (Å²) in [4.78, 5) is 24.3. The van der Waals surface area contributed by atoms with Gasteiger partial charge in [-0.25, -0.2) is 18.7 Å². The molecule has 0 spiro atoms. The van der Waals surface area contributed by atoms with Crippen LogP contribution < -0.4 is 10.6 Å². The standard InChI is InChI=1S/C18H15F2N5O.ClH/c19-6-9-23-18(26)14-4-3-13(10-15(14)20)24-16-5-8-22-17(25-16)12-2-1-7-21-11-12;/h1-5,7-8,10-11H,6,9H2,(H,23,26)(H,22,24,25);1H. The highest BCUT2D eigenvalue weighted by molar-refractivity contribution is 5.94. The molecule has 0 saturated carbocycles. The fourth-order valence-electron chi connectivity index (χ4n) is 2.24. The third kappa shape index (κ3) is 5.18. The maximum Gasteiger partial charge on any atom is 0.254 e. The maximum atomic E-state index is 14.1. The summed E-state index contributed by atoms with van der Waals surface area (Å²) in [5.41, 5.74) is 1.02. The second-order valence-corrected chi connectivity index (χ2v) is 5.27. The van der Waals surface area contributed by atoms with E-state index in [1.165, 1.54) is 12.1 Å². The third-order valence-electron chi connectivity index (χ3n) is 3.44. The fourth-order valence-corrected chi connectivity index (χ4v) is 2.24. The second-order valence-electron chi connectivity index (χ2n) is 5.27. The molecule has 27 heavy (non-hydrogen) atoms. The zero-order valence-electron chi connectivity index (χ0n) is 14.0. The molecule has 0 radical (unpaired) electrons. The van der Waals surface area contributed by atoms with Gasteiger partial charge >= 0.3 is 0 Å². The third-order valence-corrected chi connectivity index (χ3v) is 3.44. The van der Waals surface area contributed by atoms with Crippen molar-refractivity contribution in [3.63, 3.8) is 0 Å². The molecular weight excluding hydrogens is 376 g/mol. The minimum atomic E-state index is -0.715. The van der Waals surface area contributed by atoms with E-state index in [9.17, 15) is 13.6 Å². The van der Waals surface area contributed by atoms with Crippen molar-refractivity contribution in [2.24, 2.45) is 0 Å². The summed E-state index contributed by atoms with van der Waals surface area (Å²) in [5, 5.41) is 5.24. The van der Waals surface area contributed by atoms with Crippen LogP contribution in [0.3, 0.4) is 0 Å². The number of halogens is 3. The maximum absolute atomic E-state index is 14.1. The van der Waals surface area contributed by atoms with Crippen LogP contribution in [0.1, 0.15) is 10.4 Å². The average Bonchev–Trinajstić information content (AvgIpc) is 2.67. The topological polar surface area (TPSA) is 79.8 Å². The van der Waals surface area contributed by atoms with Gasteiger partial charge in [0.15, 0.2) is 5.82 Å². The number of rotatable bonds is 6. The van der Waals surface area contributed by atoms with Crippen molar-refractivity contribution in [3.8, 4) is 11.4 Å². The number of pyridine rings is 1. The van der Waals surface area contributed by atoms with E-state index in [1.807, 2.05) is 6.07 Å². The Morgan fingerprint density at radius 2 is 2.00 bits per heavy atom. The zero-order chi connectivity index (χ0) is 18.4. The summed E-state index contributed by atoms with van der Waals surface area (Å²) in [6.45, 7) is -0.865. The van der Waals surface area contributed by atoms with Gasteiger partial charge < -0.3 is 10.6 Å². The number of amides is 1.